The second-order valence-corrected chi connectivity index (χ2v) is 6.43. The zero-order chi connectivity index (χ0) is 20.1. The molecule has 0 amide bonds. The molecule has 5 nitrogen and oxygen atoms in total. The maximum atomic E-state index is 14.5. The molecule has 0 bridgehead atoms. The average molecular weight is 403 g/mol. The van der Waals surface area contributed by atoms with Gasteiger partial charge in [0.25, 0.3) is 0 Å². The molecule has 2 aromatic carbocycles. The maximum Gasteiger partial charge on any atom is 0.132 e. The highest BCUT2D eigenvalue weighted by molar-refractivity contribution is 6.33. The summed E-state index contributed by atoms with van der Waals surface area (Å²) in [6, 6.07) is 12.8. The lowest BCUT2D eigenvalue weighted by Crippen LogP contribution is -2.09. The lowest BCUT2D eigenvalue weighted by molar-refractivity contribution is 0.210. The van der Waals surface area contributed by atoms with E-state index in [-0.39, 0.29) is 11.3 Å². The van der Waals surface area contributed by atoms with E-state index < -0.39 is 5.82 Å². The molecule has 0 unspecified atom stereocenters. The number of phenolic OH excluding ortho intramolecular Hbond substituents is 1. The molecule has 0 radical (unpaired) electrons. The molecule has 3 rings (SSSR count). The van der Waals surface area contributed by atoms with Crippen LogP contribution in [0.5, 0.6) is 11.5 Å². The van der Waals surface area contributed by atoms with E-state index in [1.165, 1.54) is 19.2 Å². The third-order valence-corrected chi connectivity index (χ3v) is 4.48. The van der Waals surface area contributed by atoms with Crippen LogP contribution < -0.4 is 10.1 Å². The van der Waals surface area contributed by atoms with E-state index in [4.69, 9.17) is 21.1 Å². The van der Waals surface area contributed by atoms with Crippen molar-refractivity contribution in [3.63, 3.8) is 0 Å². The molecular weight excluding hydrogens is 383 g/mol. The van der Waals surface area contributed by atoms with Crippen LogP contribution in [0.3, 0.4) is 0 Å². The molecule has 2 N–H and O–H groups in total. The molecule has 0 saturated heterocycles. The Morgan fingerprint density at radius 1 is 1.14 bits per heavy atom. The van der Waals surface area contributed by atoms with Gasteiger partial charge in [-0.15, -0.1) is 0 Å². The number of nitrogens with zero attached hydrogens (tertiary/aromatic N) is 1. The number of halogens is 2. The Hall–Kier alpha value is -2.83. The summed E-state index contributed by atoms with van der Waals surface area (Å²) >= 11 is 6.25. The van der Waals surface area contributed by atoms with Crippen molar-refractivity contribution in [3.8, 4) is 33.9 Å². The molecule has 146 valence electrons. The van der Waals surface area contributed by atoms with Gasteiger partial charge in [-0.2, -0.15) is 0 Å². The Labute approximate surface area is 167 Å². The number of rotatable bonds is 7. The number of phenols is 1. The van der Waals surface area contributed by atoms with Crippen molar-refractivity contribution in [3.05, 3.63) is 59.4 Å². The van der Waals surface area contributed by atoms with Crippen LogP contribution in [0.1, 0.15) is 0 Å². The summed E-state index contributed by atoms with van der Waals surface area (Å²) in [5.74, 6) is 0.602. The summed E-state index contributed by atoms with van der Waals surface area (Å²) < 4.78 is 24.7. The first-order valence-corrected chi connectivity index (χ1v) is 8.98. The molecule has 0 aliphatic heterocycles. The van der Waals surface area contributed by atoms with E-state index in [0.717, 1.165) is 0 Å². The number of hydrogen-bond acceptors (Lipinski definition) is 5. The Morgan fingerprint density at radius 3 is 2.64 bits per heavy atom. The number of aromatic nitrogens is 1. The quantitative estimate of drug-likeness (QED) is 0.545. The SMILES string of the molecule is COCCNc1cc(-c2c(F)cccc2Cl)cc(-c2ccc(OC)cc2O)n1. The molecule has 1 heterocycles. The Morgan fingerprint density at radius 2 is 1.96 bits per heavy atom. The van der Waals surface area contributed by atoms with Crippen LogP contribution in [0.15, 0.2) is 48.5 Å². The predicted molar refractivity (Wildman–Crippen MR) is 109 cm³/mol. The van der Waals surface area contributed by atoms with Crippen molar-refractivity contribution in [2.24, 2.45) is 0 Å². The molecule has 1 aromatic heterocycles. The highest BCUT2D eigenvalue weighted by Gasteiger charge is 2.15. The molecule has 3 aromatic rings. The molecule has 0 saturated carbocycles. The van der Waals surface area contributed by atoms with Crippen molar-refractivity contribution in [1.29, 1.82) is 0 Å². The number of anilines is 1. The fraction of sp³-hybridized carbons (Fsp3) is 0.190. The minimum Gasteiger partial charge on any atom is -0.507 e. The third kappa shape index (κ3) is 4.35. The highest BCUT2D eigenvalue weighted by atomic mass is 35.5. The highest BCUT2D eigenvalue weighted by Crippen LogP contribution is 2.37. The first kappa shape index (κ1) is 19.9. The second-order valence-electron chi connectivity index (χ2n) is 6.03. The van der Waals surface area contributed by atoms with Gasteiger partial charge in [0.2, 0.25) is 0 Å². The Bertz CT molecular complexity index is 962. The fourth-order valence-corrected chi connectivity index (χ4v) is 3.09. The zero-order valence-corrected chi connectivity index (χ0v) is 16.3. The number of benzene rings is 2. The number of pyridine rings is 1. The first-order chi connectivity index (χ1) is 13.5. The summed E-state index contributed by atoms with van der Waals surface area (Å²) in [6.07, 6.45) is 0. The van der Waals surface area contributed by atoms with Crippen molar-refractivity contribution in [2.45, 2.75) is 0 Å². The number of nitrogens with one attached hydrogen (secondary N) is 1. The second kappa shape index (κ2) is 8.91. The summed E-state index contributed by atoms with van der Waals surface area (Å²) in [4.78, 5) is 4.54. The van der Waals surface area contributed by atoms with Crippen LogP contribution in [-0.2, 0) is 4.74 Å². The van der Waals surface area contributed by atoms with E-state index >= 15 is 0 Å². The summed E-state index contributed by atoms with van der Waals surface area (Å²) in [6.45, 7) is 1.00. The molecule has 7 heteroatoms. The van der Waals surface area contributed by atoms with Crippen LogP contribution >= 0.6 is 11.6 Å². The topological polar surface area (TPSA) is 63.6 Å². The van der Waals surface area contributed by atoms with E-state index in [9.17, 15) is 9.50 Å². The number of methoxy groups -OCH3 is 2. The van der Waals surface area contributed by atoms with E-state index in [1.54, 1.807) is 43.5 Å². The van der Waals surface area contributed by atoms with Gasteiger partial charge in [0.15, 0.2) is 0 Å². The van der Waals surface area contributed by atoms with Crippen LogP contribution in [0.25, 0.3) is 22.4 Å². The Kier molecular flexibility index (Phi) is 6.34. The summed E-state index contributed by atoms with van der Waals surface area (Å²) in [7, 11) is 3.12. The zero-order valence-electron chi connectivity index (χ0n) is 15.5. The number of ether oxygens (including phenoxy) is 2. The van der Waals surface area contributed by atoms with Gasteiger partial charge < -0.3 is 19.9 Å². The Balaban J connectivity index is 2.13. The van der Waals surface area contributed by atoms with Gasteiger partial charge in [0, 0.05) is 30.8 Å². The molecule has 0 atom stereocenters. The van der Waals surface area contributed by atoms with E-state index in [2.05, 4.69) is 10.3 Å². The van der Waals surface area contributed by atoms with Gasteiger partial charge in [-0.05, 0) is 42.0 Å². The maximum absolute atomic E-state index is 14.5. The standard InChI is InChI=1S/C21H20ClFN2O3/c1-27-9-8-24-20-11-13(21-16(22)4-3-5-17(21)23)10-18(25-20)15-7-6-14(28-2)12-19(15)26/h3-7,10-12,26H,8-9H2,1-2H3,(H,24,25). The van der Waals surface area contributed by atoms with Gasteiger partial charge in [-0.25, -0.2) is 9.37 Å². The monoisotopic (exact) mass is 402 g/mol. The first-order valence-electron chi connectivity index (χ1n) is 8.60. The normalized spacial score (nSPS) is 10.7. The van der Waals surface area contributed by atoms with Gasteiger partial charge >= 0.3 is 0 Å². The molecule has 0 aliphatic carbocycles. The molecule has 0 fully saturated rings. The average Bonchev–Trinajstić information content (AvgIpc) is 2.68. The van der Waals surface area contributed by atoms with Crippen LogP contribution in [-0.4, -0.2) is 37.5 Å². The third-order valence-electron chi connectivity index (χ3n) is 4.17. The minimum atomic E-state index is -0.438. The van der Waals surface area contributed by atoms with E-state index in [0.29, 0.717) is 46.6 Å². The summed E-state index contributed by atoms with van der Waals surface area (Å²) in [5.41, 5.74) is 1.78. The molecule has 0 spiro atoms. The minimum absolute atomic E-state index is 0.00599. The molecular formula is C21H20ClFN2O3. The van der Waals surface area contributed by atoms with Crippen LogP contribution in [0, 0.1) is 5.82 Å². The molecule has 28 heavy (non-hydrogen) atoms. The molecule has 0 aliphatic rings. The largest absolute Gasteiger partial charge is 0.507 e. The predicted octanol–water partition coefficient (Wildman–Crippen LogP) is 4.98. The van der Waals surface area contributed by atoms with Gasteiger partial charge in [-0.1, -0.05) is 17.7 Å². The smallest absolute Gasteiger partial charge is 0.132 e. The fourth-order valence-electron chi connectivity index (χ4n) is 2.81. The van der Waals surface area contributed by atoms with Crippen molar-refractivity contribution < 1.29 is 19.0 Å². The lowest BCUT2D eigenvalue weighted by Gasteiger charge is -2.13. The number of aromatic hydroxyl groups is 1. The van der Waals surface area contributed by atoms with Gasteiger partial charge in [0.1, 0.15) is 23.1 Å². The van der Waals surface area contributed by atoms with E-state index in [1.807, 2.05) is 0 Å². The number of hydrogen-bond donors (Lipinski definition) is 2. The van der Waals surface area contributed by atoms with Crippen molar-refractivity contribution in [1.82, 2.24) is 4.98 Å². The lowest BCUT2D eigenvalue weighted by atomic mass is 10.0. The van der Waals surface area contributed by atoms with Gasteiger partial charge in [0.05, 0.1) is 24.4 Å². The summed E-state index contributed by atoms with van der Waals surface area (Å²) in [5, 5.41) is 13.8. The van der Waals surface area contributed by atoms with Crippen LogP contribution in [0.4, 0.5) is 10.2 Å². The van der Waals surface area contributed by atoms with Crippen LogP contribution in [0.2, 0.25) is 5.02 Å². The van der Waals surface area contributed by atoms with Crippen molar-refractivity contribution in [2.75, 3.05) is 32.7 Å². The van der Waals surface area contributed by atoms with Gasteiger partial charge in [-0.3, -0.25) is 0 Å². The van der Waals surface area contributed by atoms with Crippen molar-refractivity contribution >= 4 is 17.4 Å².